The first-order chi connectivity index (χ1) is 9.22. The molecule has 1 aromatic carbocycles. The number of nitrogens with zero attached hydrogens (tertiary/aromatic N) is 2. The van der Waals surface area contributed by atoms with Crippen LogP contribution in [0.5, 0.6) is 0 Å². The lowest BCUT2D eigenvalue weighted by Crippen LogP contribution is -2.33. The van der Waals surface area contributed by atoms with E-state index >= 15 is 0 Å². The van der Waals surface area contributed by atoms with Gasteiger partial charge in [-0.3, -0.25) is 0 Å². The van der Waals surface area contributed by atoms with E-state index in [0.29, 0.717) is 5.56 Å². The molecule has 2 nitrogen and oxygen atoms in total. The molecule has 7 heteroatoms. The molecular weight excluding hydrogens is 296 g/mol. The van der Waals surface area contributed by atoms with Crippen molar-refractivity contribution in [2.45, 2.75) is 18.2 Å². The van der Waals surface area contributed by atoms with Gasteiger partial charge in [0.05, 0.1) is 0 Å². The molecule has 0 amide bonds. The van der Waals surface area contributed by atoms with Crippen LogP contribution in [0.25, 0.3) is 11.4 Å². The zero-order valence-corrected chi connectivity index (χ0v) is 11.0. The summed E-state index contributed by atoms with van der Waals surface area (Å²) < 4.78 is 52.7. The lowest BCUT2D eigenvalue weighted by atomic mass is 10.1. The third-order valence-corrected chi connectivity index (χ3v) is 2.80. The van der Waals surface area contributed by atoms with E-state index in [0.717, 1.165) is 6.07 Å². The van der Waals surface area contributed by atoms with E-state index in [9.17, 15) is 17.6 Å². The second-order valence-electron chi connectivity index (χ2n) is 4.16. The van der Waals surface area contributed by atoms with Gasteiger partial charge in [-0.15, -0.1) is 0 Å². The van der Waals surface area contributed by atoms with Crippen LogP contribution in [-0.4, -0.2) is 15.3 Å². The monoisotopic (exact) mass is 304 g/mol. The van der Waals surface area contributed by atoms with E-state index < -0.39 is 17.0 Å². The summed E-state index contributed by atoms with van der Waals surface area (Å²) in [4.78, 5) is 7.48. The Morgan fingerprint density at radius 3 is 2.15 bits per heavy atom. The van der Waals surface area contributed by atoms with Crippen molar-refractivity contribution in [3.63, 3.8) is 0 Å². The Balaban J connectivity index is 2.56. The van der Waals surface area contributed by atoms with Gasteiger partial charge < -0.3 is 0 Å². The highest BCUT2D eigenvalue weighted by molar-refractivity contribution is 6.22. The van der Waals surface area contributed by atoms with Crippen molar-refractivity contribution in [2.24, 2.45) is 0 Å². The number of aryl methyl sites for hydroxylation is 1. The second kappa shape index (κ2) is 5.01. The average molecular weight is 305 g/mol. The highest BCUT2D eigenvalue weighted by Crippen LogP contribution is 2.45. The number of benzene rings is 1. The minimum Gasteiger partial charge on any atom is -0.233 e. The Hall–Kier alpha value is -1.69. The zero-order valence-electron chi connectivity index (χ0n) is 10.2. The molecule has 0 unspecified atom stereocenters. The molecule has 0 saturated carbocycles. The summed E-state index contributed by atoms with van der Waals surface area (Å²) in [7, 11) is 0. The van der Waals surface area contributed by atoms with Crippen LogP contribution in [0.15, 0.2) is 36.4 Å². The van der Waals surface area contributed by atoms with Crippen LogP contribution in [0.3, 0.4) is 0 Å². The quantitative estimate of drug-likeness (QED) is 0.621. The Labute approximate surface area is 117 Å². The Kier molecular flexibility index (Phi) is 3.69. The van der Waals surface area contributed by atoms with Crippen LogP contribution in [0.2, 0.25) is 0 Å². The van der Waals surface area contributed by atoms with Crippen molar-refractivity contribution in [1.82, 2.24) is 9.97 Å². The molecule has 20 heavy (non-hydrogen) atoms. The van der Waals surface area contributed by atoms with Crippen molar-refractivity contribution in [3.05, 3.63) is 47.8 Å². The third kappa shape index (κ3) is 2.75. The molecule has 0 N–H and O–H groups in total. The van der Waals surface area contributed by atoms with Crippen LogP contribution in [0, 0.1) is 6.92 Å². The molecule has 0 atom stereocenters. The van der Waals surface area contributed by atoms with Gasteiger partial charge in [-0.05, 0) is 24.6 Å². The SMILES string of the molecule is Cc1cc(C(F)(F)C(F)(F)Cl)nc(-c2ccccc2)n1. The summed E-state index contributed by atoms with van der Waals surface area (Å²) in [6.45, 7) is 1.42. The number of alkyl halides is 5. The van der Waals surface area contributed by atoms with Gasteiger partial charge in [0, 0.05) is 11.3 Å². The third-order valence-electron chi connectivity index (χ3n) is 2.56. The maximum atomic E-state index is 13.6. The minimum atomic E-state index is -4.72. The fourth-order valence-corrected chi connectivity index (χ4v) is 1.69. The molecule has 0 bridgehead atoms. The van der Waals surface area contributed by atoms with Crippen LogP contribution in [-0.2, 0) is 5.92 Å². The standard InChI is InChI=1S/C13H9ClF4N2/c1-8-7-10(12(15,16)13(14,17)18)20-11(19-8)9-5-3-2-4-6-9/h2-7H,1H3. The molecular formula is C13H9ClF4N2. The predicted molar refractivity (Wildman–Crippen MR) is 66.9 cm³/mol. The van der Waals surface area contributed by atoms with Gasteiger partial charge in [0.25, 0.3) is 0 Å². The molecule has 2 rings (SSSR count). The predicted octanol–water partition coefficient (Wildman–Crippen LogP) is 4.38. The number of hydrogen-bond donors (Lipinski definition) is 0. The fraction of sp³-hybridized carbons (Fsp3) is 0.231. The molecule has 2 aromatic rings. The molecule has 1 aromatic heterocycles. The molecule has 1 heterocycles. The molecule has 0 aliphatic carbocycles. The molecule has 106 valence electrons. The average Bonchev–Trinajstić information content (AvgIpc) is 2.37. The number of aromatic nitrogens is 2. The van der Waals surface area contributed by atoms with E-state index in [-0.39, 0.29) is 11.5 Å². The highest BCUT2D eigenvalue weighted by Gasteiger charge is 2.57. The summed E-state index contributed by atoms with van der Waals surface area (Å²) >= 11 is 4.47. The maximum absolute atomic E-state index is 13.6. The number of halogens is 5. The summed E-state index contributed by atoms with van der Waals surface area (Å²) in [5, 5.41) is -4.72. The van der Waals surface area contributed by atoms with Crippen molar-refractivity contribution < 1.29 is 17.6 Å². The maximum Gasteiger partial charge on any atom is 0.390 e. The van der Waals surface area contributed by atoms with Crippen molar-refractivity contribution in [2.75, 3.05) is 0 Å². The van der Waals surface area contributed by atoms with Crippen molar-refractivity contribution in [3.8, 4) is 11.4 Å². The van der Waals surface area contributed by atoms with Gasteiger partial charge in [-0.25, -0.2) is 9.97 Å². The Morgan fingerprint density at radius 1 is 1.00 bits per heavy atom. The van der Waals surface area contributed by atoms with E-state index in [1.807, 2.05) is 0 Å². The van der Waals surface area contributed by atoms with Crippen LogP contribution < -0.4 is 0 Å². The first-order valence-corrected chi connectivity index (χ1v) is 5.96. The smallest absolute Gasteiger partial charge is 0.233 e. The van der Waals surface area contributed by atoms with Gasteiger partial charge >= 0.3 is 11.3 Å². The van der Waals surface area contributed by atoms with E-state index in [1.165, 1.54) is 6.92 Å². The van der Waals surface area contributed by atoms with E-state index in [2.05, 4.69) is 21.6 Å². The van der Waals surface area contributed by atoms with Crippen LogP contribution >= 0.6 is 11.6 Å². The molecule has 0 aliphatic rings. The van der Waals surface area contributed by atoms with Crippen molar-refractivity contribution >= 4 is 11.6 Å². The summed E-state index contributed by atoms with van der Waals surface area (Å²) in [6, 6.07) is 9.03. The number of hydrogen-bond acceptors (Lipinski definition) is 2. The Morgan fingerprint density at radius 2 is 1.60 bits per heavy atom. The zero-order chi connectivity index (χ0) is 15.0. The molecule has 0 saturated heterocycles. The number of rotatable bonds is 3. The topological polar surface area (TPSA) is 25.8 Å². The normalized spacial score (nSPS) is 12.5. The van der Waals surface area contributed by atoms with E-state index in [1.54, 1.807) is 30.3 Å². The molecule has 0 aliphatic heterocycles. The summed E-state index contributed by atoms with van der Waals surface area (Å²) in [6.07, 6.45) is 0. The van der Waals surface area contributed by atoms with Crippen LogP contribution in [0.4, 0.5) is 17.6 Å². The van der Waals surface area contributed by atoms with E-state index in [4.69, 9.17) is 0 Å². The highest BCUT2D eigenvalue weighted by atomic mass is 35.5. The first-order valence-electron chi connectivity index (χ1n) is 5.58. The summed E-state index contributed by atoms with van der Waals surface area (Å²) in [5.74, 6) is -4.63. The van der Waals surface area contributed by atoms with Gasteiger partial charge in [0.1, 0.15) is 5.69 Å². The van der Waals surface area contributed by atoms with Crippen molar-refractivity contribution in [1.29, 1.82) is 0 Å². The molecule has 0 radical (unpaired) electrons. The van der Waals surface area contributed by atoms with Gasteiger partial charge in [-0.1, -0.05) is 30.3 Å². The second-order valence-corrected chi connectivity index (χ2v) is 4.63. The fourth-order valence-electron chi connectivity index (χ4n) is 1.59. The lowest BCUT2D eigenvalue weighted by molar-refractivity contribution is -0.166. The van der Waals surface area contributed by atoms with Gasteiger partial charge in [-0.2, -0.15) is 17.6 Å². The Bertz CT molecular complexity index is 612. The first kappa shape index (κ1) is 14.7. The molecule has 0 spiro atoms. The van der Waals surface area contributed by atoms with Crippen LogP contribution in [0.1, 0.15) is 11.4 Å². The minimum absolute atomic E-state index is 0.0545. The largest absolute Gasteiger partial charge is 0.390 e. The van der Waals surface area contributed by atoms with Gasteiger partial charge in [0.15, 0.2) is 5.82 Å². The van der Waals surface area contributed by atoms with Gasteiger partial charge in [0.2, 0.25) is 0 Å². The molecule has 0 fully saturated rings. The summed E-state index contributed by atoms with van der Waals surface area (Å²) in [5.41, 5.74) is -0.510. The lowest BCUT2D eigenvalue weighted by Gasteiger charge is -2.21.